The summed E-state index contributed by atoms with van der Waals surface area (Å²) in [5, 5.41) is 3.57. The second-order valence-electron chi connectivity index (χ2n) is 5.82. The minimum absolute atomic E-state index is 0.723. The summed E-state index contributed by atoms with van der Waals surface area (Å²) in [6.07, 6.45) is 7.85. The van der Waals surface area contributed by atoms with Gasteiger partial charge in [-0.3, -0.25) is 0 Å². The maximum atomic E-state index is 4.24. The van der Waals surface area contributed by atoms with E-state index in [0.29, 0.717) is 0 Å². The Balaban J connectivity index is 1.66. The minimum Gasteiger partial charge on any atom is -0.333 e. The monoisotopic (exact) mass is 264 g/mol. The van der Waals surface area contributed by atoms with E-state index in [1.54, 1.807) is 0 Å². The molecule has 4 nitrogen and oxygen atoms in total. The molecular formula is C15H28N4. The zero-order valence-corrected chi connectivity index (χ0v) is 12.4. The fourth-order valence-electron chi connectivity index (χ4n) is 2.85. The molecule has 1 aromatic heterocycles. The Hall–Kier alpha value is -0.870. The van der Waals surface area contributed by atoms with Gasteiger partial charge in [-0.25, -0.2) is 4.98 Å². The summed E-state index contributed by atoms with van der Waals surface area (Å²) in [4.78, 5) is 6.83. The summed E-state index contributed by atoms with van der Waals surface area (Å²) in [5.74, 6) is 0.723. The highest BCUT2D eigenvalue weighted by Crippen LogP contribution is 2.10. The van der Waals surface area contributed by atoms with E-state index < -0.39 is 0 Å². The quantitative estimate of drug-likeness (QED) is 0.781. The molecule has 19 heavy (non-hydrogen) atoms. The van der Waals surface area contributed by atoms with Gasteiger partial charge in [-0.2, -0.15) is 0 Å². The number of aryl methyl sites for hydroxylation is 1. The molecule has 4 heteroatoms. The van der Waals surface area contributed by atoms with Gasteiger partial charge in [0.15, 0.2) is 0 Å². The summed E-state index contributed by atoms with van der Waals surface area (Å²) in [6, 6.07) is 0. The molecule has 0 aliphatic carbocycles. The molecule has 1 aromatic rings. The summed E-state index contributed by atoms with van der Waals surface area (Å²) >= 11 is 0. The van der Waals surface area contributed by atoms with E-state index >= 15 is 0 Å². The maximum Gasteiger partial charge on any atom is 0.0948 e. The van der Waals surface area contributed by atoms with Crippen molar-refractivity contribution >= 4 is 0 Å². The predicted molar refractivity (Wildman–Crippen MR) is 79.1 cm³/mol. The van der Waals surface area contributed by atoms with Crippen LogP contribution in [0, 0.1) is 5.92 Å². The van der Waals surface area contributed by atoms with Crippen LogP contribution in [0.25, 0.3) is 0 Å². The van der Waals surface area contributed by atoms with Crippen LogP contribution < -0.4 is 5.32 Å². The zero-order chi connectivity index (χ0) is 13.5. The highest BCUT2D eigenvalue weighted by molar-refractivity contribution is 4.97. The molecule has 0 aromatic carbocycles. The van der Waals surface area contributed by atoms with E-state index in [-0.39, 0.29) is 0 Å². The smallest absolute Gasteiger partial charge is 0.0948 e. The Morgan fingerprint density at radius 1 is 1.37 bits per heavy atom. The van der Waals surface area contributed by atoms with E-state index in [0.717, 1.165) is 32.0 Å². The van der Waals surface area contributed by atoms with Gasteiger partial charge in [-0.15, -0.1) is 0 Å². The third kappa shape index (κ3) is 4.62. The van der Waals surface area contributed by atoms with Crippen molar-refractivity contribution in [3.63, 3.8) is 0 Å². The van der Waals surface area contributed by atoms with Crippen LogP contribution in [0.15, 0.2) is 12.5 Å². The van der Waals surface area contributed by atoms with Crippen molar-refractivity contribution in [2.75, 3.05) is 26.2 Å². The molecule has 1 saturated heterocycles. The first-order valence-corrected chi connectivity index (χ1v) is 7.71. The summed E-state index contributed by atoms with van der Waals surface area (Å²) in [6.45, 7) is 11.5. The first-order valence-electron chi connectivity index (χ1n) is 7.71. The molecule has 1 fully saturated rings. The molecule has 1 aliphatic rings. The third-order valence-electron chi connectivity index (χ3n) is 3.83. The van der Waals surface area contributed by atoms with Crippen molar-refractivity contribution in [3.8, 4) is 0 Å². The van der Waals surface area contributed by atoms with Crippen molar-refractivity contribution in [1.29, 1.82) is 0 Å². The molecule has 2 heterocycles. The average Bonchev–Trinajstić information content (AvgIpc) is 3.02. The van der Waals surface area contributed by atoms with Crippen LogP contribution in [0.2, 0.25) is 0 Å². The lowest BCUT2D eigenvalue weighted by Crippen LogP contribution is -2.31. The fraction of sp³-hybridized carbons (Fsp3) is 0.800. The predicted octanol–water partition coefficient (Wildman–Crippen LogP) is 2.11. The Labute approximate surface area is 117 Å². The lowest BCUT2D eigenvalue weighted by atomic mass is 10.1. The Morgan fingerprint density at radius 3 is 2.89 bits per heavy atom. The van der Waals surface area contributed by atoms with Crippen LogP contribution >= 0.6 is 0 Å². The fourth-order valence-corrected chi connectivity index (χ4v) is 2.85. The molecule has 1 atom stereocenters. The van der Waals surface area contributed by atoms with Crippen LogP contribution in [0.4, 0.5) is 0 Å². The Kier molecular flexibility index (Phi) is 5.86. The average molecular weight is 264 g/mol. The number of likely N-dealkylation sites (tertiary alicyclic amines) is 1. The van der Waals surface area contributed by atoms with E-state index in [1.165, 1.54) is 38.2 Å². The van der Waals surface area contributed by atoms with Crippen molar-refractivity contribution in [2.45, 2.75) is 46.2 Å². The van der Waals surface area contributed by atoms with Crippen molar-refractivity contribution in [1.82, 2.24) is 19.8 Å². The molecule has 1 N–H and O–H groups in total. The van der Waals surface area contributed by atoms with Gasteiger partial charge in [-0.1, -0.05) is 13.8 Å². The molecule has 0 bridgehead atoms. The minimum atomic E-state index is 0.723. The van der Waals surface area contributed by atoms with Gasteiger partial charge in [0.25, 0.3) is 0 Å². The number of nitrogens with one attached hydrogen (secondary N) is 1. The van der Waals surface area contributed by atoms with Gasteiger partial charge in [0.1, 0.15) is 0 Å². The highest BCUT2D eigenvalue weighted by atomic mass is 15.1. The van der Waals surface area contributed by atoms with Gasteiger partial charge in [0, 0.05) is 25.8 Å². The van der Waals surface area contributed by atoms with Crippen molar-refractivity contribution < 1.29 is 0 Å². The molecule has 0 saturated carbocycles. The molecule has 0 amide bonds. The number of imidazole rings is 1. The largest absolute Gasteiger partial charge is 0.333 e. The number of nitrogens with zero attached hydrogens (tertiary/aromatic N) is 3. The number of aromatic nitrogens is 2. The summed E-state index contributed by atoms with van der Waals surface area (Å²) < 4.78 is 2.25. The van der Waals surface area contributed by atoms with E-state index in [2.05, 4.69) is 33.6 Å². The van der Waals surface area contributed by atoms with Gasteiger partial charge in [-0.05, 0) is 44.8 Å². The molecule has 0 spiro atoms. The van der Waals surface area contributed by atoms with Gasteiger partial charge in [0.2, 0.25) is 0 Å². The molecule has 1 aliphatic heterocycles. The Morgan fingerprint density at radius 2 is 2.16 bits per heavy atom. The number of hydrogen-bond donors (Lipinski definition) is 1. The highest BCUT2D eigenvalue weighted by Gasteiger charge is 2.14. The SMILES string of the molecule is CCCn1cncc1CNCC(C)CN1CCCC1. The van der Waals surface area contributed by atoms with Crippen LogP contribution in [0.3, 0.4) is 0 Å². The first-order chi connectivity index (χ1) is 9.29. The van der Waals surface area contributed by atoms with Crippen LogP contribution in [-0.4, -0.2) is 40.6 Å². The van der Waals surface area contributed by atoms with E-state index in [1.807, 2.05) is 12.5 Å². The van der Waals surface area contributed by atoms with Crippen LogP contribution in [0.5, 0.6) is 0 Å². The standard InChI is InChI=1S/C15H28N4/c1-3-6-19-13-17-11-15(19)10-16-9-14(2)12-18-7-4-5-8-18/h11,13-14,16H,3-10,12H2,1-2H3. The normalized spacial score (nSPS) is 18.0. The van der Waals surface area contributed by atoms with E-state index in [4.69, 9.17) is 0 Å². The lowest BCUT2D eigenvalue weighted by molar-refractivity contribution is 0.282. The van der Waals surface area contributed by atoms with Gasteiger partial charge < -0.3 is 14.8 Å². The zero-order valence-electron chi connectivity index (χ0n) is 12.4. The summed E-state index contributed by atoms with van der Waals surface area (Å²) in [7, 11) is 0. The molecule has 1 unspecified atom stereocenters. The molecular weight excluding hydrogens is 236 g/mol. The van der Waals surface area contributed by atoms with Crippen LogP contribution in [0.1, 0.15) is 38.8 Å². The summed E-state index contributed by atoms with van der Waals surface area (Å²) in [5.41, 5.74) is 1.30. The molecule has 0 radical (unpaired) electrons. The topological polar surface area (TPSA) is 33.1 Å². The third-order valence-corrected chi connectivity index (χ3v) is 3.83. The number of hydrogen-bond acceptors (Lipinski definition) is 3. The van der Waals surface area contributed by atoms with Crippen molar-refractivity contribution in [2.24, 2.45) is 5.92 Å². The lowest BCUT2D eigenvalue weighted by Gasteiger charge is -2.20. The van der Waals surface area contributed by atoms with Crippen molar-refractivity contribution in [3.05, 3.63) is 18.2 Å². The Bertz CT molecular complexity index is 355. The molecule has 2 rings (SSSR count). The first kappa shape index (κ1) is 14.5. The number of rotatable bonds is 8. The second kappa shape index (κ2) is 7.65. The molecule has 108 valence electrons. The van der Waals surface area contributed by atoms with Crippen LogP contribution in [-0.2, 0) is 13.1 Å². The van der Waals surface area contributed by atoms with Gasteiger partial charge in [0.05, 0.1) is 12.0 Å². The maximum absolute atomic E-state index is 4.24. The van der Waals surface area contributed by atoms with Gasteiger partial charge >= 0.3 is 0 Å². The van der Waals surface area contributed by atoms with E-state index in [9.17, 15) is 0 Å². The second-order valence-corrected chi connectivity index (χ2v) is 5.82.